The van der Waals surface area contributed by atoms with Crippen molar-refractivity contribution >= 4 is 5.97 Å². The number of aromatic nitrogens is 2. The molecular weight excluding hydrogens is 251 g/mol. The molecule has 0 bridgehead atoms. The van der Waals surface area contributed by atoms with E-state index in [4.69, 9.17) is 9.84 Å². The largest absolute Gasteiger partial charge is 0.477 e. The van der Waals surface area contributed by atoms with Crippen molar-refractivity contribution in [3.63, 3.8) is 0 Å². The minimum atomic E-state index is -1.41. The SMILES string of the molecule is Cc1cc(C)nc(Oc2cccc(F)c2C(=O)O)n1. The predicted molar refractivity (Wildman–Crippen MR) is 64.9 cm³/mol. The van der Waals surface area contributed by atoms with Gasteiger partial charge in [0, 0.05) is 11.4 Å². The smallest absolute Gasteiger partial charge is 0.342 e. The van der Waals surface area contributed by atoms with Gasteiger partial charge in [-0.15, -0.1) is 0 Å². The lowest BCUT2D eigenvalue weighted by atomic mass is 10.2. The highest BCUT2D eigenvalue weighted by Crippen LogP contribution is 2.25. The van der Waals surface area contributed by atoms with E-state index in [1.54, 1.807) is 19.9 Å². The topological polar surface area (TPSA) is 72.3 Å². The molecule has 19 heavy (non-hydrogen) atoms. The molecule has 0 saturated heterocycles. The van der Waals surface area contributed by atoms with Crippen LogP contribution in [0.1, 0.15) is 21.7 Å². The number of aryl methyl sites for hydroxylation is 2. The summed E-state index contributed by atoms with van der Waals surface area (Å²) in [4.78, 5) is 19.0. The second-order valence-electron chi connectivity index (χ2n) is 3.95. The molecular formula is C13H11FN2O3. The van der Waals surface area contributed by atoms with E-state index < -0.39 is 17.3 Å². The number of ether oxygens (including phenoxy) is 1. The standard InChI is InChI=1S/C13H11FN2O3/c1-7-6-8(2)16-13(15-7)19-10-5-3-4-9(14)11(10)12(17)18/h3-6H,1-2H3,(H,17,18). The number of benzene rings is 1. The van der Waals surface area contributed by atoms with Crippen LogP contribution in [0.2, 0.25) is 0 Å². The second-order valence-corrected chi connectivity index (χ2v) is 3.95. The molecule has 0 radical (unpaired) electrons. The molecule has 5 nitrogen and oxygen atoms in total. The second kappa shape index (κ2) is 5.01. The van der Waals surface area contributed by atoms with Gasteiger partial charge < -0.3 is 9.84 Å². The maximum Gasteiger partial charge on any atom is 0.342 e. The van der Waals surface area contributed by atoms with E-state index >= 15 is 0 Å². The number of halogens is 1. The first kappa shape index (κ1) is 12.9. The summed E-state index contributed by atoms with van der Waals surface area (Å²) in [7, 11) is 0. The molecule has 2 aromatic rings. The van der Waals surface area contributed by atoms with E-state index in [1.807, 2.05) is 0 Å². The Labute approximate surface area is 108 Å². The lowest BCUT2D eigenvalue weighted by Gasteiger charge is -2.08. The van der Waals surface area contributed by atoms with Gasteiger partial charge in [0.2, 0.25) is 0 Å². The molecule has 0 aliphatic carbocycles. The minimum Gasteiger partial charge on any atom is -0.477 e. The van der Waals surface area contributed by atoms with Gasteiger partial charge in [-0.2, -0.15) is 0 Å². The van der Waals surface area contributed by atoms with Crippen LogP contribution < -0.4 is 4.74 Å². The quantitative estimate of drug-likeness (QED) is 0.920. The van der Waals surface area contributed by atoms with Crippen LogP contribution in [0.25, 0.3) is 0 Å². The normalized spacial score (nSPS) is 10.3. The minimum absolute atomic E-state index is 0.00870. The van der Waals surface area contributed by atoms with Crippen molar-refractivity contribution in [1.29, 1.82) is 0 Å². The first-order valence-corrected chi connectivity index (χ1v) is 5.49. The molecule has 1 aromatic carbocycles. The van der Waals surface area contributed by atoms with E-state index in [1.165, 1.54) is 12.1 Å². The van der Waals surface area contributed by atoms with Crippen molar-refractivity contribution < 1.29 is 19.0 Å². The Balaban J connectivity index is 2.43. The lowest BCUT2D eigenvalue weighted by molar-refractivity contribution is 0.0689. The first-order valence-electron chi connectivity index (χ1n) is 5.49. The molecule has 0 aliphatic heterocycles. The Kier molecular flexibility index (Phi) is 3.41. The van der Waals surface area contributed by atoms with Gasteiger partial charge >= 0.3 is 12.0 Å². The molecule has 0 fully saturated rings. The van der Waals surface area contributed by atoms with Crippen molar-refractivity contribution in [2.24, 2.45) is 0 Å². The van der Waals surface area contributed by atoms with Crippen LogP contribution in [0.15, 0.2) is 24.3 Å². The monoisotopic (exact) mass is 262 g/mol. The van der Waals surface area contributed by atoms with E-state index in [9.17, 15) is 9.18 Å². The van der Waals surface area contributed by atoms with Gasteiger partial charge in [0.15, 0.2) is 0 Å². The summed E-state index contributed by atoms with van der Waals surface area (Å²) in [5.74, 6) is -2.40. The number of nitrogens with zero attached hydrogens (tertiary/aromatic N) is 2. The van der Waals surface area contributed by atoms with Crippen molar-refractivity contribution in [1.82, 2.24) is 9.97 Å². The fraction of sp³-hybridized carbons (Fsp3) is 0.154. The zero-order valence-corrected chi connectivity index (χ0v) is 10.3. The third kappa shape index (κ3) is 2.85. The first-order chi connectivity index (χ1) is 8.97. The number of carbonyl (C=O) groups is 1. The molecule has 6 heteroatoms. The number of rotatable bonds is 3. The molecule has 0 aliphatic rings. The van der Waals surface area contributed by atoms with Gasteiger partial charge in [0.25, 0.3) is 0 Å². The van der Waals surface area contributed by atoms with E-state index in [0.29, 0.717) is 11.4 Å². The maximum atomic E-state index is 13.5. The molecule has 0 unspecified atom stereocenters. The van der Waals surface area contributed by atoms with Crippen LogP contribution in [0.5, 0.6) is 11.8 Å². The molecule has 0 saturated carbocycles. The van der Waals surface area contributed by atoms with Crippen molar-refractivity contribution in [3.8, 4) is 11.8 Å². The van der Waals surface area contributed by atoms with Gasteiger partial charge in [-0.1, -0.05) is 6.07 Å². The highest BCUT2D eigenvalue weighted by molar-refractivity contribution is 5.91. The van der Waals surface area contributed by atoms with Gasteiger partial charge in [-0.3, -0.25) is 0 Å². The lowest BCUT2D eigenvalue weighted by Crippen LogP contribution is -2.05. The number of aromatic carboxylic acids is 1. The molecule has 0 amide bonds. The van der Waals surface area contributed by atoms with Gasteiger partial charge in [0.1, 0.15) is 17.1 Å². The summed E-state index contributed by atoms with van der Waals surface area (Å²) < 4.78 is 18.7. The van der Waals surface area contributed by atoms with Crippen LogP contribution in [0.3, 0.4) is 0 Å². The molecule has 1 aromatic heterocycles. The van der Waals surface area contributed by atoms with E-state index in [0.717, 1.165) is 6.07 Å². The number of hydrogen-bond acceptors (Lipinski definition) is 4. The van der Waals surface area contributed by atoms with E-state index in [2.05, 4.69) is 9.97 Å². The fourth-order valence-electron chi connectivity index (χ4n) is 1.63. The molecule has 1 heterocycles. The average Bonchev–Trinajstić information content (AvgIpc) is 2.26. The highest BCUT2D eigenvalue weighted by atomic mass is 19.1. The van der Waals surface area contributed by atoms with Crippen molar-refractivity contribution in [2.75, 3.05) is 0 Å². The third-order valence-corrected chi connectivity index (χ3v) is 2.35. The third-order valence-electron chi connectivity index (χ3n) is 2.35. The Bertz CT molecular complexity index is 624. The zero-order chi connectivity index (χ0) is 14.0. The van der Waals surface area contributed by atoms with Crippen LogP contribution in [-0.2, 0) is 0 Å². The Morgan fingerprint density at radius 3 is 2.47 bits per heavy atom. The number of hydrogen-bond donors (Lipinski definition) is 1. The molecule has 98 valence electrons. The van der Waals surface area contributed by atoms with Crippen molar-refractivity contribution in [2.45, 2.75) is 13.8 Å². The van der Waals surface area contributed by atoms with Crippen LogP contribution in [0.4, 0.5) is 4.39 Å². The van der Waals surface area contributed by atoms with Crippen molar-refractivity contribution in [3.05, 3.63) is 47.0 Å². The molecule has 1 N–H and O–H groups in total. The maximum absolute atomic E-state index is 13.5. The van der Waals surface area contributed by atoms with Crippen LogP contribution in [-0.4, -0.2) is 21.0 Å². The Morgan fingerprint density at radius 2 is 1.89 bits per heavy atom. The van der Waals surface area contributed by atoms with Crippen LogP contribution in [0, 0.1) is 19.7 Å². The highest BCUT2D eigenvalue weighted by Gasteiger charge is 2.18. The average molecular weight is 262 g/mol. The molecule has 0 spiro atoms. The molecule has 0 atom stereocenters. The van der Waals surface area contributed by atoms with E-state index in [-0.39, 0.29) is 11.8 Å². The molecule has 2 rings (SSSR count). The number of carboxylic acid groups (broad SMARTS) is 1. The number of carboxylic acids is 1. The summed E-state index contributed by atoms with van der Waals surface area (Å²) in [5.41, 5.74) is 0.816. The summed E-state index contributed by atoms with van der Waals surface area (Å²) in [6.45, 7) is 3.51. The summed E-state index contributed by atoms with van der Waals surface area (Å²) in [6.07, 6.45) is 0. The van der Waals surface area contributed by atoms with Crippen LogP contribution >= 0.6 is 0 Å². The summed E-state index contributed by atoms with van der Waals surface area (Å²) in [6, 6.07) is 5.51. The van der Waals surface area contributed by atoms with Gasteiger partial charge in [-0.25, -0.2) is 19.2 Å². The summed E-state index contributed by atoms with van der Waals surface area (Å²) >= 11 is 0. The van der Waals surface area contributed by atoms with Gasteiger partial charge in [0.05, 0.1) is 0 Å². The summed E-state index contributed by atoms with van der Waals surface area (Å²) in [5, 5.41) is 8.97. The predicted octanol–water partition coefficient (Wildman–Crippen LogP) is 2.72. The Hall–Kier alpha value is -2.50. The fourth-order valence-corrected chi connectivity index (χ4v) is 1.63. The van der Waals surface area contributed by atoms with Gasteiger partial charge in [-0.05, 0) is 32.0 Å². The Morgan fingerprint density at radius 1 is 1.26 bits per heavy atom. The zero-order valence-electron chi connectivity index (χ0n) is 10.3.